The van der Waals surface area contributed by atoms with E-state index in [1.165, 1.54) is 18.2 Å². The van der Waals surface area contributed by atoms with Gasteiger partial charge in [-0.05, 0) is 12.1 Å². The lowest BCUT2D eigenvalue weighted by molar-refractivity contribution is 0.306. The molecule has 0 aliphatic carbocycles. The second-order valence-corrected chi connectivity index (χ2v) is 2.30. The van der Waals surface area contributed by atoms with Crippen molar-refractivity contribution < 1.29 is 10.4 Å². The standard InChI is InChI=1S/C7H9N5O2/c8-4-11(13)6-2-1-3-7(10-6)12(14)5-9/h1-5,8-9,13-14H. The third-order valence-corrected chi connectivity index (χ3v) is 1.43. The Morgan fingerprint density at radius 3 is 1.86 bits per heavy atom. The van der Waals surface area contributed by atoms with Crippen molar-refractivity contribution in [1.29, 1.82) is 10.8 Å². The highest BCUT2D eigenvalue weighted by atomic mass is 16.5. The first kappa shape index (κ1) is 10.1. The highest BCUT2D eigenvalue weighted by molar-refractivity contribution is 5.75. The lowest BCUT2D eigenvalue weighted by atomic mass is 10.4. The quantitative estimate of drug-likeness (QED) is 0.321. The van der Waals surface area contributed by atoms with E-state index in [4.69, 9.17) is 21.2 Å². The molecule has 0 aromatic carbocycles. The molecule has 7 heteroatoms. The van der Waals surface area contributed by atoms with Crippen molar-refractivity contribution in [2.75, 3.05) is 10.1 Å². The molecule has 0 aliphatic heterocycles. The summed E-state index contributed by atoms with van der Waals surface area (Å²) in [4.78, 5) is 3.76. The van der Waals surface area contributed by atoms with Crippen molar-refractivity contribution in [3.63, 3.8) is 0 Å². The van der Waals surface area contributed by atoms with E-state index in [1.807, 2.05) is 0 Å². The largest absolute Gasteiger partial charge is 0.289 e. The lowest BCUT2D eigenvalue weighted by Gasteiger charge is -2.12. The molecule has 14 heavy (non-hydrogen) atoms. The van der Waals surface area contributed by atoms with Gasteiger partial charge in [0.2, 0.25) is 0 Å². The number of pyridine rings is 1. The Bertz CT molecular complexity index is 313. The Morgan fingerprint density at radius 1 is 1.07 bits per heavy atom. The summed E-state index contributed by atoms with van der Waals surface area (Å²) in [6.45, 7) is 0. The summed E-state index contributed by atoms with van der Waals surface area (Å²) in [5.74, 6) is 0.164. The highest BCUT2D eigenvalue weighted by Gasteiger charge is 2.05. The fourth-order valence-electron chi connectivity index (χ4n) is 0.800. The van der Waals surface area contributed by atoms with Crippen LogP contribution in [0.2, 0.25) is 0 Å². The molecule has 0 saturated carbocycles. The summed E-state index contributed by atoms with van der Waals surface area (Å²) >= 11 is 0. The van der Waals surface area contributed by atoms with Crippen LogP contribution in [0.4, 0.5) is 11.6 Å². The van der Waals surface area contributed by atoms with E-state index >= 15 is 0 Å². The zero-order valence-corrected chi connectivity index (χ0v) is 7.12. The van der Waals surface area contributed by atoms with Crippen LogP contribution in [0.15, 0.2) is 18.2 Å². The van der Waals surface area contributed by atoms with Crippen molar-refractivity contribution in [2.45, 2.75) is 0 Å². The molecule has 0 fully saturated rings. The average molecular weight is 195 g/mol. The average Bonchev–Trinajstić information content (AvgIpc) is 2.27. The second-order valence-electron chi connectivity index (χ2n) is 2.30. The van der Waals surface area contributed by atoms with Crippen molar-refractivity contribution in [2.24, 2.45) is 0 Å². The maximum atomic E-state index is 9.08. The zero-order chi connectivity index (χ0) is 10.6. The van der Waals surface area contributed by atoms with Crippen LogP contribution in [0.3, 0.4) is 0 Å². The molecule has 0 saturated heterocycles. The first-order valence-corrected chi connectivity index (χ1v) is 3.63. The summed E-state index contributed by atoms with van der Waals surface area (Å²) in [6.07, 6.45) is 1.33. The monoisotopic (exact) mass is 195 g/mol. The number of aromatic nitrogens is 1. The van der Waals surface area contributed by atoms with E-state index in [1.54, 1.807) is 0 Å². The molecule has 0 amide bonds. The first-order chi connectivity index (χ1) is 6.69. The minimum atomic E-state index is 0.0819. The summed E-state index contributed by atoms with van der Waals surface area (Å²) in [6, 6.07) is 4.43. The molecule has 0 aliphatic rings. The minimum Gasteiger partial charge on any atom is -0.289 e. The third-order valence-electron chi connectivity index (χ3n) is 1.43. The Morgan fingerprint density at radius 2 is 1.50 bits per heavy atom. The maximum absolute atomic E-state index is 9.08. The molecule has 74 valence electrons. The van der Waals surface area contributed by atoms with Gasteiger partial charge in [0.25, 0.3) is 0 Å². The summed E-state index contributed by atoms with van der Waals surface area (Å²) in [7, 11) is 0. The van der Waals surface area contributed by atoms with Gasteiger partial charge >= 0.3 is 0 Å². The van der Waals surface area contributed by atoms with Crippen LogP contribution < -0.4 is 10.1 Å². The first-order valence-electron chi connectivity index (χ1n) is 3.63. The van der Waals surface area contributed by atoms with Gasteiger partial charge in [-0.2, -0.15) is 10.1 Å². The fraction of sp³-hybridized carbons (Fsp3) is 0. The smallest absolute Gasteiger partial charge is 0.161 e. The molecule has 1 aromatic heterocycles. The predicted octanol–water partition coefficient (Wildman–Crippen LogP) is 0.687. The summed E-state index contributed by atoms with van der Waals surface area (Å²) < 4.78 is 0. The minimum absolute atomic E-state index is 0.0819. The van der Waals surface area contributed by atoms with E-state index in [-0.39, 0.29) is 11.6 Å². The Hall–Kier alpha value is -1.99. The van der Waals surface area contributed by atoms with Crippen LogP contribution in [0.25, 0.3) is 0 Å². The number of hydrogen-bond donors (Lipinski definition) is 4. The van der Waals surface area contributed by atoms with Gasteiger partial charge in [-0.25, -0.2) is 4.98 Å². The van der Waals surface area contributed by atoms with E-state index in [2.05, 4.69) is 4.98 Å². The zero-order valence-electron chi connectivity index (χ0n) is 7.12. The van der Waals surface area contributed by atoms with E-state index in [9.17, 15) is 0 Å². The molecule has 1 rings (SSSR count). The van der Waals surface area contributed by atoms with Crippen LogP contribution in [-0.4, -0.2) is 28.1 Å². The molecule has 7 nitrogen and oxygen atoms in total. The topological polar surface area (TPSA) is 108 Å². The van der Waals surface area contributed by atoms with Crippen molar-refractivity contribution in [1.82, 2.24) is 4.98 Å². The molecule has 0 atom stereocenters. The molecule has 0 spiro atoms. The van der Waals surface area contributed by atoms with Gasteiger partial charge < -0.3 is 0 Å². The number of nitrogens with zero attached hydrogens (tertiary/aromatic N) is 3. The predicted molar refractivity (Wildman–Crippen MR) is 50.3 cm³/mol. The van der Waals surface area contributed by atoms with Gasteiger partial charge in [0, 0.05) is 0 Å². The molecule has 1 aromatic rings. The molecular weight excluding hydrogens is 186 g/mol. The Kier molecular flexibility index (Phi) is 3.10. The van der Waals surface area contributed by atoms with E-state index < -0.39 is 0 Å². The number of nitrogens with one attached hydrogen (secondary N) is 2. The maximum Gasteiger partial charge on any atom is 0.161 e. The Balaban J connectivity index is 3.00. The fourth-order valence-corrected chi connectivity index (χ4v) is 0.800. The van der Waals surface area contributed by atoms with Gasteiger partial charge in [0.15, 0.2) is 11.6 Å². The Labute approximate surface area is 79.8 Å². The summed E-state index contributed by atoms with van der Waals surface area (Å²) in [5, 5.41) is 32.6. The van der Waals surface area contributed by atoms with Gasteiger partial charge in [-0.15, -0.1) is 0 Å². The molecule has 1 heterocycles. The van der Waals surface area contributed by atoms with Crippen LogP contribution in [-0.2, 0) is 0 Å². The third kappa shape index (κ3) is 2.03. The lowest BCUT2D eigenvalue weighted by Crippen LogP contribution is -2.19. The number of hydrogen-bond acceptors (Lipinski definition) is 5. The molecule has 0 unspecified atom stereocenters. The second kappa shape index (κ2) is 4.30. The van der Waals surface area contributed by atoms with E-state index in [0.29, 0.717) is 22.8 Å². The molecule has 0 radical (unpaired) electrons. The SMILES string of the molecule is N=CN(O)c1cccc(N(O)C=N)n1. The van der Waals surface area contributed by atoms with Gasteiger partial charge in [-0.3, -0.25) is 21.2 Å². The number of rotatable bonds is 4. The van der Waals surface area contributed by atoms with Crippen LogP contribution in [0.5, 0.6) is 0 Å². The number of hydroxylamine groups is 2. The highest BCUT2D eigenvalue weighted by Crippen LogP contribution is 2.13. The van der Waals surface area contributed by atoms with E-state index in [0.717, 1.165) is 0 Å². The normalized spacial score (nSPS) is 9.29. The van der Waals surface area contributed by atoms with Crippen molar-refractivity contribution in [3.05, 3.63) is 18.2 Å². The molecule has 4 N–H and O–H groups in total. The molecular formula is C7H9N5O2. The van der Waals surface area contributed by atoms with Gasteiger partial charge in [-0.1, -0.05) is 6.07 Å². The van der Waals surface area contributed by atoms with Crippen LogP contribution in [0, 0.1) is 10.8 Å². The van der Waals surface area contributed by atoms with Gasteiger partial charge in [0.05, 0.1) is 0 Å². The molecule has 0 bridgehead atoms. The van der Waals surface area contributed by atoms with Gasteiger partial charge in [0.1, 0.15) is 12.7 Å². The van der Waals surface area contributed by atoms with Crippen molar-refractivity contribution >= 4 is 24.3 Å². The van der Waals surface area contributed by atoms with Crippen molar-refractivity contribution in [3.8, 4) is 0 Å². The van der Waals surface area contributed by atoms with Crippen LogP contribution in [0.1, 0.15) is 0 Å². The van der Waals surface area contributed by atoms with Crippen LogP contribution >= 0.6 is 0 Å². The number of anilines is 2. The summed E-state index contributed by atoms with van der Waals surface area (Å²) in [5.41, 5.74) is 0.